The van der Waals surface area contributed by atoms with Gasteiger partial charge < -0.3 is 14.6 Å². The number of amides is 1. The molecule has 0 saturated heterocycles. The number of carbonyl (C=O) groups excluding carboxylic acids is 2. The molecule has 3 rings (SSSR count). The highest BCUT2D eigenvalue weighted by molar-refractivity contribution is 5.99. The van der Waals surface area contributed by atoms with Crippen molar-refractivity contribution in [3.05, 3.63) is 54.1 Å². The molecular formula is C20H20N2O4. The Bertz CT molecular complexity index is 918. The van der Waals surface area contributed by atoms with E-state index in [0.29, 0.717) is 16.8 Å². The van der Waals surface area contributed by atoms with Crippen LogP contribution >= 0.6 is 0 Å². The van der Waals surface area contributed by atoms with Crippen molar-refractivity contribution in [3.63, 3.8) is 0 Å². The first kappa shape index (κ1) is 17.7. The van der Waals surface area contributed by atoms with E-state index < -0.39 is 5.97 Å². The van der Waals surface area contributed by atoms with Gasteiger partial charge in [-0.3, -0.25) is 4.79 Å². The van der Waals surface area contributed by atoms with Crippen LogP contribution in [0.5, 0.6) is 0 Å². The van der Waals surface area contributed by atoms with Crippen LogP contribution in [0.1, 0.15) is 30.6 Å². The van der Waals surface area contributed by atoms with Gasteiger partial charge in [-0.25, -0.2) is 4.79 Å². The SMILES string of the molecule is CC[C@H](C)NC(=O)COC(=O)c1ccc2noc(-c3ccccc3)c2c1. The number of esters is 1. The predicted octanol–water partition coefficient (Wildman–Crippen LogP) is 3.57. The van der Waals surface area contributed by atoms with Crippen LogP contribution in [-0.4, -0.2) is 29.7 Å². The van der Waals surface area contributed by atoms with Crippen molar-refractivity contribution in [2.24, 2.45) is 0 Å². The molecule has 0 saturated carbocycles. The van der Waals surface area contributed by atoms with Crippen LogP contribution in [0.25, 0.3) is 22.2 Å². The van der Waals surface area contributed by atoms with Crippen LogP contribution in [0, 0.1) is 0 Å². The molecule has 6 nitrogen and oxygen atoms in total. The lowest BCUT2D eigenvalue weighted by Gasteiger charge is -2.11. The van der Waals surface area contributed by atoms with Gasteiger partial charge in [0.15, 0.2) is 12.4 Å². The number of carbonyl (C=O) groups is 2. The molecule has 26 heavy (non-hydrogen) atoms. The van der Waals surface area contributed by atoms with E-state index in [0.717, 1.165) is 17.4 Å². The van der Waals surface area contributed by atoms with Crippen molar-refractivity contribution < 1.29 is 18.8 Å². The molecule has 0 aliphatic rings. The van der Waals surface area contributed by atoms with Gasteiger partial charge in [0.25, 0.3) is 5.91 Å². The van der Waals surface area contributed by atoms with E-state index in [9.17, 15) is 9.59 Å². The lowest BCUT2D eigenvalue weighted by atomic mass is 10.1. The molecule has 0 spiro atoms. The molecule has 0 aliphatic heterocycles. The fourth-order valence-corrected chi connectivity index (χ4v) is 2.50. The number of hydrogen-bond donors (Lipinski definition) is 1. The third-order valence-electron chi connectivity index (χ3n) is 4.10. The van der Waals surface area contributed by atoms with E-state index in [4.69, 9.17) is 9.26 Å². The van der Waals surface area contributed by atoms with Crippen molar-refractivity contribution in [2.75, 3.05) is 6.61 Å². The fourth-order valence-electron chi connectivity index (χ4n) is 2.50. The van der Waals surface area contributed by atoms with Crippen LogP contribution in [0.4, 0.5) is 0 Å². The van der Waals surface area contributed by atoms with Gasteiger partial charge in [0.1, 0.15) is 5.52 Å². The average molecular weight is 352 g/mol. The van der Waals surface area contributed by atoms with Gasteiger partial charge in [-0.05, 0) is 31.5 Å². The standard InChI is InChI=1S/C20H20N2O4/c1-3-13(2)21-18(23)12-25-20(24)15-9-10-17-16(11-15)19(26-22-17)14-7-5-4-6-8-14/h4-11,13H,3,12H2,1-2H3,(H,21,23)/t13-/m0/s1. The highest BCUT2D eigenvalue weighted by Crippen LogP contribution is 2.29. The summed E-state index contributed by atoms with van der Waals surface area (Å²) in [6.07, 6.45) is 0.812. The van der Waals surface area contributed by atoms with Crippen molar-refractivity contribution in [3.8, 4) is 11.3 Å². The number of aromatic nitrogens is 1. The van der Waals surface area contributed by atoms with Crippen LogP contribution < -0.4 is 5.32 Å². The molecule has 1 heterocycles. The fraction of sp³-hybridized carbons (Fsp3) is 0.250. The molecule has 1 amide bonds. The molecule has 0 fully saturated rings. The monoisotopic (exact) mass is 352 g/mol. The third kappa shape index (κ3) is 3.91. The first-order valence-corrected chi connectivity index (χ1v) is 8.50. The largest absolute Gasteiger partial charge is 0.452 e. The van der Waals surface area contributed by atoms with Crippen molar-refractivity contribution in [1.82, 2.24) is 10.5 Å². The van der Waals surface area contributed by atoms with E-state index in [1.807, 2.05) is 44.2 Å². The second-order valence-corrected chi connectivity index (χ2v) is 6.06. The maximum Gasteiger partial charge on any atom is 0.338 e. The predicted molar refractivity (Wildman–Crippen MR) is 97.6 cm³/mol. The van der Waals surface area contributed by atoms with E-state index in [1.165, 1.54) is 0 Å². The molecule has 0 aliphatic carbocycles. The quantitative estimate of drug-likeness (QED) is 0.686. The first-order valence-electron chi connectivity index (χ1n) is 8.50. The van der Waals surface area contributed by atoms with Gasteiger partial charge in [0.05, 0.1) is 10.9 Å². The summed E-state index contributed by atoms with van der Waals surface area (Å²) in [7, 11) is 0. The molecule has 1 atom stereocenters. The Morgan fingerprint density at radius 1 is 1.19 bits per heavy atom. The maximum absolute atomic E-state index is 12.3. The van der Waals surface area contributed by atoms with Crippen LogP contribution in [0.2, 0.25) is 0 Å². The number of benzene rings is 2. The second-order valence-electron chi connectivity index (χ2n) is 6.06. The Morgan fingerprint density at radius 3 is 2.69 bits per heavy atom. The summed E-state index contributed by atoms with van der Waals surface area (Å²) in [4.78, 5) is 24.0. The normalized spacial score (nSPS) is 11.9. The minimum absolute atomic E-state index is 0.0444. The van der Waals surface area contributed by atoms with E-state index in [1.54, 1.807) is 18.2 Å². The number of hydrogen-bond acceptors (Lipinski definition) is 5. The Labute approximate surface area is 151 Å². The number of rotatable bonds is 6. The topological polar surface area (TPSA) is 81.4 Å². The number of fused-ring (bicyclic) bond motifs is 1. The minimum atomic E-state index is -0.564. The summed E-state index contributed by atoms with van der Waals surface area (Å²) in [5, 5.41) is 7.49. The first-order chi connectivity index (χ1) is 12.6. The highest BCUT2D eigenvalue weighted by Gasteiger charge is 2.16. The second kappa shape index (κ2) is 7.82. The molecule has 0 bridgehead atoms. The summed E-state index contributed by atoms with van der Waals surface area (Å²) < 4.78 is 10.5. The van der Waals surface area contributed by atoms with Crippen molar-refractivity contribution >= 4 is 22.8 Å². The van der Waals surface area contributed by atoms with E-state index >= 15 is 0 Å². The minimum Gasteiger partial charge on any atom is -0.452 e. The van der Waals surface area contributed by atoms with Gasteiger partial charge in [-0.1, -0.05) is 42.4 Å². The Morgan fingerprint density at radius 2 is 1.96 bits per heavy atom. The number of ether oxygens (including phenoxy) is 1. The van der Waals surface area contributed by atoms with Crippen LogP contribution in [0.15, 0.2) is 53.1 Å². The Balaban J connectivity index is 1.76. The molecule has 134 valence electrons. The molecule has 3 aromatic rings. The molecule has 1 N–H and O–H groups in total. The Hall–Kier alpha value is -3.15. The van der Waals surface area contributed by atoms with Crippen LogP contribution in [-0.2, 0) is 9.53 Å². The summed E-state index contributed by atoms with van der Waals surface area (Å²) >= 11 is 0. The molecule has 0 radical (unpaired) electrons. The van der Waals surface area contributed by atoms with E-state index in [-0.39, 0.29) is 18.6 Å². The van der Waals surface area contributed by atoms with Crippen molar-refractivity contribution in [1.29, 1.82) is 0 Å². The molecule has 0 unspecified atom stereocenters. The summed E-state index contributed by atoms with van der Waals surface area (Å²) in [6.45, 7) is 3.55. The van der Waals surface area contributed by atoms with Gasteiger partial charge in [0, 0.05) is 11.6 Å². The zero-order valence-corrected chi connectivity index (χ0v) is 14.7. The highest BCUT2D eigenvalue weighted by atomic mass is 16.5. The summed E-state index contributed by atoms with van der Waals surface area (Å²) in [6, 6.07) is 14.5. The molecular weight excluding hydrogens is 332 g/mol. The van der Waals surface area contributed by atoms with Crippen LogP contribution in [0.3, 0.4) is 0 Å². The van der Waals surface area contributed by atoms with Gasteiger partial charge >= 0.3 is 5.97 Å². The Kier molecular flexibility index (Phi) is 5.31. The molecule has 1 aromatic heterocycles. The van der Waals surface area contributed by atoms with Gasteiger partial charge in [0.2, 0.25) is 0 Å². The average Bonchev–Trinajstić information content (AvgIpc) is 3.09. The summed E-state index contributed by atoms with van der Waals surface area (Å²) in [5.74, 6) is -0.292. The van der Waals surface area contributed by atoms with Gasteiger partial charge in [-0.2, -0.15) is 0 Å². The zero-order valence-electron chi connectivity index (χ0n) is 14.7. The molecule has 6 heteroatoms. The lowest BCUT2D eigenvalue weighted by Crippen LogP contribution is -2.35. The van der Waals surface area contributed by atoms with Crippen molar-refractivity contribution in [2.45, 2.75) is 26.3 Å². The zero-order chi connectivity index (χ0) is 18.5. The maximum atomic E-state index is 12.3. The molecule has 2 aromatic carbocycles. The lowest BCUT2D eigenvalue weighted by molar-refractivity contribution is -0.124. The third-order valence-corrected chi connectivity index (χ3v) is 4.10. The van der Waals surface area contributed by atoms with E-state index in [2.05, 4.69) is 10.5 Å². The van der Waals surface area contributed by atoms with Gasteiger partial charge in [-0.15, -0.1) is 0 Å². The summed E-state index contributed by atoms with van der Waals surface area (Å²) in [5.41, 5.74) is 1.86. The number of nitrogens with one attached hydrogen (secondary N) is 1. The smallest absolute Gasteiger partial charge is 0.338 e. The number of nitrogens with zero attached hydrogens (tertiary/aromatic N) is 1.